The van der Waals surface area contributed by atoms with Crippen LogP contribution in [-0.4, -0.2) is 19.5 Å². The zero-order valence-corrected chi connectivity index (χ0v) is 31.0. The number of fused-ring (bicyclic) bond motifs is 6. The van der Waals surface area contributed by atoms with E-state index in [1.54, 1.807) is 0 Å². The molecule has 0 N–H and O–H groups in total. The van der Waals surface area contributed by atoms with Crippen LogP contribution < -0.4 is 0 Å². The van der Waals surface area contributed by atoms with Gasteiger partial charge in [-0.15, -0.1) is 11.3 Å². The van der Waals surface area contributed by atoms with Crippen LogP contribution in [0.1, 0.15) is 0 Å². The molecular weight excluding hydrogens is 701 g/mol. The molecule has 3 aromatic heterocycles. The first-order valence-corrected chi connectivity index (χ1v) is 19.6. The quantitative estimate of drug-likeness (QED) is 0.171. The molecule has 262 valence electrons. The van der Waals surface area contributed by atoms with E-state index in [1.165, 1.54) is 64.2 Å². The molecule has 0 saturated carbocycles. The molecule has 0 atom stereocenters. The van der Waals surface area contributed by atoms with E-state index in [2.05, 4.69) is 138 Å². The van der Waals surface area contributed by atoms with Crippen LogP contribution in [0, 0.1) is 0 Å². The van der Waals surface area contributed by atoms with Crippen molar-refractivity contribution in [3.8, 4) is 62.1 Å². The summed E-state index contributed by atoms with van der Waals surface area (Å²) in [5.74, 6) is 1.98. The van der Waals surface area contributed by atoms with Gasteiger partial charge < -0.3 is 4.57 Å². The largest absolute Gasteiger partial charge is 0.309 e. The number of rotatable bonds is 6. The first kappa shape index (κ1) is 32.2. The Morgan fingerprint density at radius 1 is 0.304 bits per heavy atom. The third kappa shape index (κ3) is 5.56. The van der Waals surface area contributed by atoms with Gasteiger partial charge in [0.15, 0.2) is 17.5 Å². The van der Waals surface area contributed by atoms with E-state index in [1.807, 2.05) is 72.0 Å². The van der Waals surface area contributed by atoms with Crippen molar-refractivity contribution in [2.75, 3.05) is 0 Å². The molecule has 0 fully saturated rings. The molecule has 11 rings (SSSR count). The summed E-state index contributed by atoms with van der Waals surface area (Å²) in [5.41, 5.74) is 11.2. The van der Waals surface area contributed by atoms with Crippen LogP contribution in [0.4, 0.5) is 0 Å². The smallest absolute Gasteiger partial charge is 0.164 e. The van der Waals surface area contributed by atoms with Gasteiger partial charge in [0, 0.05) is 53.3 Å². The molecule has 11 aromatic rings. The zero-order valence-electron chi connectivity index (χ0n) is 30.2. The summed E-state index contributed by atoms with van der Waals surface area (Å²) in [4.78, 5) is 14.9. The van der Waals surface area contributed by atoms with E-state index in [4.69, 9.17) is 15.0 Å². The molecule has 0 aliphatic rings. The van der Waals surface area contributed by atoms with Crippen LogP contribution in [0.2, 0.25) is 0 Å². The number of nitrogens with zero attached hydrogens (tertiary/aromatic N) is 4. The predicted octanol–water partition coefficient (Wildman–Crippen LogP) is 13.7. The van der Waals surface area contributed by atoms with Crippen molar-refractivity contribution in [1.29, 1.82) is 0 Å². The monoisotopic (exact) mass is 732 g/mol. The highest BCUT2D eigenvalue weighted by atomic mass is 32.1. The molecule has 0 aliphatic carbocycles. The Hall–Kier alpha value is -7.21. The van der Waals surface area contributed by atoms with Gasteiger partial charge in [0.1, 0.15) is 0 Å². The van der Waals surface area contributed by atoms with Gasteiger partial charge in [-0.3, -0.25) is 0 Å². The Morgan fingerprint density at radius 3 is 1.48 bits per heavy atom. The van der Waals surface area contributed by atoms with Crippen molar-refractivity contribution < 1.29 is 0 Å². The van der Waals surface area contributed by atoms with E-state index in [0.29, 0.717) is 17.5 Å². The van der Waals surface area contributed by atoms with Crippen molar-refractivity contribution in [2.24, 2.45) is 0 Å². The highest BCUT2D eigenvalue weighted by Crippen LogP contribution is 2.40. The molecule has 56 heavy (non-hydrogen) atoms. The lowest BCUT2D eigenvalue weighted by Gasteiger charge is -2.10. The van der Waals surface area contributed by atoms with Crippen LogP contribution in [-0.2, 0) is 0 Å². The predicted molar refractivity (Wildman–Crippen MR) is 234 cm³/mol. The first-order chi connectivity index (χ1) is 27.7. The number of aromatic nitrogens is 4. The van der Waals surface area contributed by atoms with E-state index in [9.17, 15) is 0 Å². The maximum atomic E-state index is 4.99. The number of benzene rings is 8. The number of thiophene rings is 1. The topological polar surface area (TPSA) is 43.6 Å². The van der Waals surface area contributed by atoms with Crippen LogP contribution >= 0.6 is 11.3 Å². The summed E-state index contributed by atoms with van der Waals surface area (Å²) >= 11 is 1.82. The minimum atomic E-state index is 0.661. The second-order valence-electron chi connectivity index (χ2n) is 14.1. The number of hydrogen-bond acceptors (Lipinski definition) is 4. The molecule has 0 unspecified atom stereocenters. The summed E-state index contributed by atoms with van der Waals surface area (Å²) in [6, 6.07) is 68.8. The molecule has 0 radical (unpaired) electrons. The second-order valence-corrected chi connectivity index (χ2v) is 15.1. The third-order valence-corrected chi connectivity index (χ3v) is 11.8. The highest BCUT2D eigenvalue weighted by Gasteiger charge is 2.16. The van der Waals surface area contributed by atoms with Gasteiger partial charge in [-0.1, -0.05) is 146 Å². The summed E-state index contributed by atoms with van der Waals surface area (Å²) in [7, 11) is 0. The van der Waals surface area contributed by atoms with Crippen molar-refractivity contribution in [3.63, 3.8) is 0 Å². The Kier molecular flexibility index (Phi) is 7.64. The van der Waals surface area contributed by atoms with Gasteiger partial charge in [-0.2, -0.15) is 0 Å². The lowest BCUT2D eigenvalue weighted by atomic mass is 10.0. The average molecular weight is 733 g/mol. The molecular formula is C51H32N4S. The molecule has 0 aliphatic heterocycles. The van der Waals surface area contributed by atoms with Crippen molar-refractivity contribution in [1.82, 2.24) is 19.5 Å². The fourth-order valence-electron chi connectivity index (χ4n) is 7.90. The standard InChI is InChI=1S/C51H32N4S/c1-4-12-33(13-5-1)34-20-25-40(26-21-34)55-45-19-11-10-18-41(45)42-27-22-37(31-46(42)55)38-23-28-43-44-30-39(24-29-47(44)56-48(43)32-38)51-53-49(35-14-6-2-7-15-35)52-50(54-51)36-16-8-3-9-17-36/h1-32H. The lowest BCUT2D eigenvalue weighted by Crippen LogP contribution is -2.00. The molecule has 5 heteroatoms. The maximum Gasteiger partial charge on any atom is 0.164 e. The SMILES string of the molecule is c1ccc(-c2ccc(-n3c4ccccc4c4ccc(-c5ccc6c(c5)sc5ccc(-c7nc(-c8ccccc8)nc(-c8ccccc8)n7)cc56)cc43)cc2)cc1. The highest BCUT2D eigenvalue weighted by molar-refractivity contribution is 7.25. The van der Waals surface area contributed by atoms with Crippen LogP contribution in [0.15, 0.2) is 194 Å². The molecule has 0 spiro atoms. The first-order valence-electron chi connectivity index (χ1n) is 18.8. The van der Waals surface area contributed by atoms with Crippen molar-refractivity contribution in [2.45, 2.75) is 0 Å². The summed E-state index contributed by atoms with van der Waals surface area (Å²) in [5, 5.41) is 4.93. The number of hydrogen-bond donors (Lipinski definition) is 0. The van der Waals surface area contributed by atoms with E-state index in [0.717, 1.165) is 22.4 Å². The van der Waals surface area contributed by atoms with Gasteiger partial charge in [-0.05, 0) is 70.8 Å². The normalized spacial score (nSPS) is 11.6. The summed E-state index contributed by atoms with van der Waals surface area (Å²) < 4.78 is 4.88. The fraction of sp³-hybridized carbons (Fsp3) is 0. The lowest BCUT2D eigenvalue weighted by molar-refractivity contribution is 1.07. The van der Waals surface area contributed by atoms with Gasteiger partial charge in [0.25, 0.3) is 0 Å². The Bertz CT molecular complexity index is 3160. The Morgan fingerprint density at radius 2 is 0.804 bits per heavy atom. The average Bonchev–Trinajstić information content (AvgIpc) is 3.81. The number of para-hydroxylation sites is 1. The molecule has 8 aromatic carbocycles. The third-order valence-electron chi connectivity index (χ3n) is 10.7. The van der Waals surface area contributed by atoms with Crippen molar-refractivity contribution >= 4 is 53.3 Å². The maximum absolute atomic E-state index is 4.99. The minimum absolute atomic E-state index is 0.661. The van der Waals surface area contributed by atoms with Gasteiger partial charge >= 0.3 is 0 Å². The molecule has 0 saturated heterocycles. The molecule has 3 heterocycles. The van der Waals surface area contributed by atoms with Crippen LogP contribution in [0.3, 0.4) is 0 Å². The van der Waals surface area contributed by atoms with Gasteiger partial charge in [-0.25, -0.2) is 15.0 Å². The van der Waals surface area contributed by atoms with Crippen LogP contribution in [0.25, 0.3) is 104 Å². The van der Waals surface area contributed by atoms with E-state index in [-0.39, 0.29) is 0 Å². The zero-order chi connectivity index (χ0) is 37.0. The Balaban J connectivity index is 0.998. The van der Waals surface area contributed by atoms with E-state index < -0.39 is 0 Å². The minimum Gasteiger partial charge on any atom is -0.309 e. The Labute approximate surface area is 327 Å². The second kappa shape index (κ2) is 13.3. The van der Waals surface area contributed by atoms with Crippen LogP contribution in [0.5, 0.6) is 0 Å². The molecule has 4 nitrogen and oxygen atoms in total. The molecule has 0 amide bonds. The fourth-order valence-corrected chi connectivity index (χ4v) is 9.02. The summed E-state index contributed by atoms with van der Waals surface area (Å²) in [6.45, 7) is 0. The van der Waals surface area contributed by atoms with Crippen molar-refractivity contribution in [3.05, 3.63) is 194 Å². The van der Waals surface area contributed by atoms with Gasteiger partial charge in [0.05, 0.1) is 11.0 Å². The van der Waals surface area contributed by atoms with E-state index >= 15 is 0 Å². The van der Waals surface area contributed by atoms with Gasteiger partial charge in [0.2, 0.25) is 0 Å². The molecule has 0 bridgehead atoms. The summed E-state index contributed by atoms with van der Waals surface area (Å²) in [6.07, 6.45) is 0.